The molecule has 4 nitrogen and oxygen atoms in total. The second-order valence-electron chi connectivity index (χ2n) is 2.77. The molecule has 0 unspecified atom stereocenters. The molecule has 5 N–H and O–H groups in total. The van der Waals surface area contributed by atoms with E-state index < -0.39 is 5.91 Å². The average molecular weight is 214 g/mol. The van der Waals surface area contributed by atoms with Crippen molar-refractivity contribution in [3.63, 3.8) is 0 Å². The molecule has 0 aliphatic rings. The third-order valence-corrected chi connectivity index (χ3v) is 2.03. The van der Waals surface area contributed by atoms with E-state index in [2.05, 4.69) is 5.32 Å². The highest BCUT2D eigenvalue weighted by Gasteiger charge is 2.04. The van der Waals surface area contributed by atoms with E-state index in [-0.39, 0.29) is 0 Å². The molecule has 0 spiro atoms. The van der Waals surface area contributed by atoms with Crippen molar-refractivity contribution in [2.45, 2.75) is 0 Å². The summed E-state index contributed by atoms with van der Waals surface area (Å²) in [6.07, 6.45) is 0. The summed E-state index contributed by atoms with van der Waals surface area (Å²) in [5.41, 5.74) is 11.6. The molecule has 1 aromatic rings. The summed E-state index contributed by atoms with van der Waals surface area (Å²) in [6.45, 7) is 1.16. The quantitative estimate of drug-likeness (QED) is 0.692. The number of hydrogen-bond donors (Lipinski definition) is 3. The fraction of sp³-hybridized carbons (Fsp3) is 0.222. The van der Waals surface area contributed by atoms with E-state index in [9.17, 15) is 4.79 Å². The first-order valence-electron chi connectivity index (χ1n) is 4.18. The van der Waals surface area contributed by atoms with Crippen LogP contribution in [0, 0.1) is 0 Å². The van der Waals surface area contributed by atoms with Crippen molar-refractivity contribution in [3.8, 4) is 0 Å². The minimum absolute atomic E-state index is 0.397. The molecule has 0 aromatic heterocycles. The van der Waals surface area contributed by atoms with Gasteiger partial charge in [-0.1, -0.05) is 11.6 Å². The molecule has 1 aromatic carbocycles. The van der Waals surface area contributed by atoms with Gasteiger partial charge in [-0.3, -0.25) is 4.79 Å². The summed E-state index contributed by atoms with van der Waals surface area (Å²) in [5, 5.41) is 3.49. The van der Waals surface area contributed by atoms with E-state index in [4.69, 9.17) is 23.1 Å². The highest BCUT2D eigenvalue weighted by Crippen LogP contribution is 2.22. The van der Waals surface area contributed by atoms with Crippen molar-refractivity contribution in [3.05, 3.63) is 28.8 Å². The lowest BCUT2D eigenvalue weighted by Crippen LogP contribution is -2.14. The minimum Gasteiger partial charge on any atom is -0.383 e. The summed E-state index contributed by atoms with van der Waals surface area (Å²) >= 11 is 5.90. The number of carbonyl (C=O) groups excluding carboxylic acids is 1. The highest BCUT2D eigenvalue weighted by atomic mass is 35.5. The molecule has 0 bridgehead atoms. The van der Waals surface area contributed by atoms with Crippen LogP contribution >= 0.6 is 11.6 Å². The van der Waals surface area contributed by atoms with Crippen LogP contribution in [0.15, 0.2) is 18.2 Å². The molecule has 1 rings (SSSR count). The molecule has 0 atom stereocenters. The van der Waals surface area contributed by atoms with Crippen LogP contribution in [-0.2, 0) is 0 Å². The van der Waals surface area contributed by atoms with Gasteiger partial charge in [-0.2, -0.15) is 0 Å². The lowest BCUT2D eigenvalue weighted by atomic mass is 10.2. The average Bonchev–Trinajstić information content (AvgIpc) is 2.15. The number of rotatable bonds is 4. The molecule has 14 heavy (non-hydrogen) atoms. The zero-order valence-corrected chi connectivity index (χ0v) is 8.34. The first-order chi connectivity index (χ1) is 6.65. The van der Waals surface area contributed by atoms with Crippen molar-refractivity contribution in [2.75, 3.05) is 18.4 Å². The van der Waals surface area contributed by atoms with E-state index in [0.717, 1.165) is 5.69 Å². The smallest absolute Gasteiger partial charge is 0.248 e. The Morgan fingerprint density at radius 3 is 2.71 bits per heavy atom. The maximum absolute atomic E-state index is 10.8. The zero-order valence-electron chi connectivity index (χ0n) is 7.59. The van der Waals surface area contributed by atoms with Gasteiger partial charge in [0.1, 0.15) is 0 Å². The molecule has 1 amide bonds. The van der Waals surface area contributed by atoms with Crippen molar-refractivity contribution >= 4 is 23.2 Å². The predicted octanol–water partition coefficient (Wildman–Crippen LogP) is 0.810. The summed E-state index contributed by atoms with van der Waals surface area (Å²) in [7, 11) is 0. The Labute approximate surface area is 87.2 Å². The lowest BCUT2D eigenvalue weighted by molar-refractivity contribution is 0.100. The Morgan fingerprint density at radius 1 is 1.50 bits per heavy atom. The number of halogens is 1. The highest BCUT2D eigenvalue weighted by molar-refractivity contribution is 6.33. The van der Waals surface area contributed by atoms with Gasteiger partial charge in [0, 0.05) is 18.7 Å². The Hall–Kier alpha value is -1.26. The summed E-state index contributed by atoms with van der Waals surface area (Å²) in [6, 6.07) is 4.86. The molecule has 76 valence electrons. The molecule has 0 aliphatic heterocycles. The van der Waals surface area contributed by atoms with E-state index >= 15 is 0 Å². The number of hydrogen-bond acceptors (Lipinski definition) is 3. The van der Waals surface area contributed by atoms with Gasteiger partial charge in [-0.15, -0.1) is 0 Å². The van der Waals surface area contributed by atoms with Gasteiger partial charge in [0.25, 0.3) is 0 Å². The summed E-state index contributed by atoms with van der Waals surface area (Å²) < 4.78 is 0. The molecule has 0 saturated heterocycles. The Morgan fingerprint density at radius 2 is 2.21 bits per heavy atom. The second-order valence-corrected chi connectivity index (χ2v) is 3.18. The SMILES string of the molecule is NCCNc1ccc(C(N)=O)cc1Cl. The number of primary amides is 1. The van der Waals surface area contributed by atoms with Crippen LogP contribution in [-0.4, -0.2) is 19.0 Å². The lowest BCUT2D eigenvalue weighted by Gasteiger charge is -2.07. The van der Waals surface area contributed by atoms with Crippen molar-refractivity contribution in [1.29, 1.82) is 0 Å². The molecular weight excluding hydrogens is 202 g/mol. The fourth-order valence-corrected chi connectivity index (χ4v) is 1.27. The first kappa shape index (κ1) is 10.8. The van der Waals surface area contributed by atoms with Gasteiger partial charge in [-0.05, 0) is 18.2 Å². The summed E-state index contributed by atoms with van der Waals surface area (Å²) in [5.74, 6) is -0.489. The van der Waals surface area contributed by atoms with E-state index in [1.165, 1.54) is 6.07 Å². The van der Waals surface area contributed by atoms with Crippen LogP contribution < -0.4 is 16.8 Å². The second kappa shape index (κ2) is 4.83. The Bertz CT molecular complexity index is 341. The number of nitrogens with one attached hydrogen (secondary N) is 1. The number of carbonyl (C=O) groups is 1. The molecule has 0 aliphatic carbocycles. The topological polar surface area (TPSA) is 81.1 Å². The van der Waals surface area contributed by atoms with Crippen LogP contribution in [0.5, 0.6) is 0 Å². The van der Waals surface area contributed by atoms with Gasteiger partial charge in [0.15, 0.2) is 0 Å². The van der Waals surface area contributed by atoms with E-state index in [1.54, 1.807) is 12.1 Å². The minimum atomic E-state index is -0.489. The van der Waals surface area contributed by atoms with Crippen LogP contribution in [0.2, 0.25) is 5.02 Å². The monoisotopic (exact) mass is 213 g/mol. The van der Waals surface area contributed by atoms with Gasteiger partial charge in [-0.25, -0.2) is 0 Å². The van der Waals surface area contributed by atoms with Crippen LogP contribution in [0.3, 0.4) is 0 Å². The van der Waals surface area contributed by atoms with Crippen LogP contribution in [0.4, 0.5) is 5.69 Å². The normalized spacial score (nSPS) is 9.86. The van der Waals surface area contributed by atoms with Crippen LogP contribution in [0.25, 0.3) is 0 Å². The number of anilines is 1. The molecule has 0 saturated carbocycles. The maximum Gasteiger partial charge on any atom is 0.248 e. The first-order valence-corrected chi connectivity index (χ1v) is 4.56. The van der Waals surface area contributed by atoms with Gasteiger partial charge in [0.2, 0.25) is 5.91 Å². The molecule has 0 radical (unpaired) electrons. The van der Waals surface area contributed by atoms with Crippen molar-refractivity contribution < 1.29 is 4.79 Å². The standard InChI is InChI=1S/C9H12ClN3O/c10-7-5-6(9(12)14)1-2-8(7)13-4-3-11/h1-2,5,13H,3-4,11H2,(H2,12,14). The molecule has 0 heterocycles. The van der Waals surface area contributed by atoms with Gasteiger partial charge in [0.05, 0.1) is 10.7 Å². The van der Waals surface area contributed by atoms with E-state index in [1.807, 2.05) is 0 Å². The molecular formula is C9H12ClN3O. The largest absolute Gasteiger partial charge is 0.383 e. The predicted molar refractivity (Wildman–Crippen MR) is 57.5 cm³/mol. The fourth-order valence-electron chi connectivity index (χ4n) is 1.02. The van der Waals surface area contributed by atoms with E-state index in [0.29, 0.717) is 23.7 Å². The maximum atomic E-state index is 10.8. The van der Waals surface area contributed by atoms with Crippen LogP contribution in [0.1, 0.15) is 10.4 Å². The Kier molecular flexibility index (Phi) is 3.73. The van der Waals surface area contributed by atoms with Gasteiger partial charge >= 0.3 is 0 Å². The number of nitrogens with two attached hydrogens (primary N) is 2. The number of benzene rings is 1. The molecule has 0 fully saturated rings. The zero-order chi connectivity index (χ0) is 10.6. The van der Waals surface area contributed by atoms with Crippen molar-refractivity contribution in [2.24, 2.45) is 11.5 Å². The third-order valence-electron chi connectivity index (χ3n) is 1.71. The number of amides is 1. The van der Waals surface area contributed by atoms with Gasteiger partial charge < -0.3 is 16.8 Å². The van der Waals surface area contributed by atoms with Crippen molar-refractivity contribution in [1.82, 2.24) is 0 Å². The third kappa shape index (κ3) is 2.61. The summed E-state index contributed by atoms with van der Waals surface area (Å²) in [4.78, 5) is 10.8. The molecule has 5 heteroatoms. The Balaban J connectivity index is 2.84.